The molecule has 0 amide bonds. The lowest BCUT2D eigenvalue weighted by molar-refractivity contribution is -0.142. The second kappa shape index (κ2) is 9.23. The summed E-state index contributed by atoms with van der Waals surface area (Å²) in [6.07, 6.45) is 11.1. The van der Waals surface area contributed by atoms with Crippen molar-refractivity contribution >= 4 is 0 Å². The van der Waals surface area contributed by atoms with E-state index in [1.54, 1.807) is 0 Å². The van der Waals surface area contributed by atoms with Gasteiger partial charge in [0, 0.05) is 0 Å². The molecular formula is C26H33F5. The number of halogens is 5. The number of fused-ring (bicyclic) bond motifs is 1. The van der Waals surface area contributed by atoms with Gasteiger partial charge in [0.1, 0.15) is 17.2 Å². The van der Waals surface area contributed by atoms with Crippen LogP contribution in [0.4, 0.5) is 22.0 Å². The first kappa shape index (κ1) is 22.8. The molecule has 3 aliphatic carbocycles. The zero-order chi connectivity index (χ0) is 22.2. The van der Waals surface area contributed by atoms with Gasteiger partial charge in [-0.3, -0.25) is 0 Å². The van der Waals surface area contributed by atoms with Crippen molar-refractivity contribution in [2.24, 2.45) is 29.6 Å². The van der Waals surface area contributed by atoms with Crippen LogP contribution in [-0.4, -0.2) is 0 Å². The molecule has 3 saturated carbocycles. The molecule has 172 valence electrons. The molecule has 0 bridgehead atoms. The summed E-state index contributed by atoms with van der Waals surface area (Å²) >= 11 is 0. The third-order valence-corrected chi connectivity index (χ3v) is 8.42. The Morgan fingerprint density at radius 2 is 1.26 bits per heavy atom. The minimum atomic E-state index is -5.01. The van der Waals surface area contributed by atoms with Gasteiger partial charge in [0.05, 0.1) is 0 Å². The maximum absolute atomic E-state index is 14.1. The van der Waals surface area contributed by atoms with Crippen LogP contribution in [0.1, 0.15) is 88.2 Å². The molecule has 4 unspecified atom stereocenters. The summed E-state index contributed by atoms with van der Waals surface area (Å²) in [6, 6.07) is 1.84. The van der Waals surface area contributed by atoms with E-state index in [1.165, 1.54) is 38.5 Å². The SMILES string of the molecule is C/C=C/C1CCC(C2CCC3CC(c4cc(F)c(C(F)(F)F)c(F)c4)CCC3C2)CC1. The molecule has 4 rings (SSSR count). The highest BCUT2D eigenvalue weighted by atomic mass is 19.4. The van der Waals surface area contributed by atoms with Crippen LogP contribution < -0.4 is 0 Å². The molecule has 0 aliphatic heterocycles. The highest BCUT2D eigenvalue weighted by molar-refractivity contribution is 5.31. The largest absolute Gasteiger partial charge is 0.422 e. The monoisotopic (exact) mass is 440 g/mol. The molecule has 1 aromatic rings. The van der Waals surface area contributed by atoms with Crippen molar-refractivity contribution in [1.82, 2.24) is 0 Å². The van der Waals surface area contributed by atoms with Crippen LogP contribution >= 0.6 is 0 Å². The van der Waals surface area contributed by atoms with Crippen molar-refractivity contribution in [3.63, 3.8) is 0 Å². The van der Waals surface area contributed by atoms with E-state index in [9.17, 15) is 22.0 Å². The second-order valence-electron chi connectivity index (χ2n) is 10.2. The topological polar surface area (TPSA) is 0 Å². The van der Waals surface area contributed by atoms with Crippen molar-refractivity contribution in [2.45, 2.75) is 83.2 Å². The normalized spacial score (nSPS) is 34.6. The van der Waals surface area contributed by atoms with Crippen molar-refractivity contribution in [1.29, 1.82) is 0 Å². The Kier molecular flexibility index (Phi) is 6.79. The van der Waals surface area contributed by atoms with Gasteiger partial charge >= 0.3 is 6.18 Å². The molecule has 0 heterocycles. The van der Waals surface area contributed by atoms with Crippen LogP contribution in [-0.2, 0) is 6.18 Å². The number of rotatable bonds is 3. The van der Waals surface area contributed by atoms with Crippen LogP contribution in [0.2, 0.25) is 0 Å². The quantitative estimate of drug-likeness (QED) is 0.326. The van der Waals surface area contributed by atoms with Crippen LogP contribution in [0.15, 0.2) is 24.3 Å². The number of hydrogen-bond donors (Lipinski definition) is 0. The van der Waals surface area contributed by atoms with E-state index in [-0.39, 0.29) is 5.92 Å². The van der Waals surface area contributed by atoms with E-state index in [0.717, 1.165) is 55.6 Å². The lowest BCUT2D eigenvalue weighted by Gasteiger charge is -2.45. The molecule has 5 heteroatoms. The molecular weight excluding hydrogens is 407 g/mol. The molecule has 1 aromatic carbocycles. The van der Waals surface area contributed by atoms with E-state index in [1.807, 2.05) is 0 Å². The Morgan fingerprint density at radius 1 is 0.742 bits per heavy atom. The number of allylic oxidation sites excluding steroid dienone is 2. The van der Waals surface area contributed by atoms with Gasteiger partial charge in [0.2, 0.25) is 0 Å². The summed E-state index contributed by atoms with van der Waals surface area (Å²) in [5, 5.41) is 0. The third kappa shape index (κ3) is 5.01. The van der Waals surface area contributed by atoms with E-state index in [2.05, 4.69) is 19.1 Å². The average molecular weight is 441 g/mol. The van der Waals surface area contributed by atoms with Gasteiger partial charge in [-0.05, 0) is 124 Å². The van der Waals surface area contributed by atoms with Gasteiger partial charge in [-0.25, -0.2) is 8.78 Å². The molecule has 0 N–H and O–H groups in total. The summed E-state index contributed by atoms with van der Waals surface area (Å²) in [5.41, 5.74) is -1.37. The van der Waals surface area contributed by atoms with E-state index >= 15 is 0 Å². The van der Waals surface area contributed by atoms with Crippen LogP contribution in [0.3, 0.4) is 0 Å². The zero-order valence-electron chi connectivity index (χ0n) is 18.2. The fourth-order valence-corrected chi connectivity index (χ4v) is 6.84. The first-order valence-corrected chi connectivity index (χ1v) is 11.9. The predicted molar refractivity (Wildman–Crippen MR) is 113 cm³/mol. The van der Waals surface area contributed by atoms with Crippen LogP contribution in [0.25, 0.3) is 0 Å². The van der Waals surface area contributed by atoms with Gasteiger partial charge in [-0.15, -0.1) is 0 Å². The highest BCUT2D eigenvalue weighted by Gasteiger charge is 2.41. The zero-order valence-corrected chi connectivity index (χ0v) is 18.2. The summed E-state index contributed by atoms with van der Waals surface area (Å²) in [7, 11) is 0. The lowest BCUT2D eigenvalue weighted by Crippen LogP contribution is -2.34. The maximum Gasteiger partial charge on any atom is 0.422 e. The smallest absolute Gasteiger partial charge is 0.206 e. The van der Waals surface area contributed by atoms with Gasteiger partial charge in [-0.1, -0.05) is 12.2 Å². The molecule has 0 aromatic heterocycles. The third-order valence-electron chi connectivity index (χ3n) is 8.42. The molecule has 0 spiro atoms. The van der Waals surface area contributed by atoms with Crippen molar-refractivity contribution < 1.29 is 22.0 Å². The molecule has 0 radical (unpaired) electrons. The molecule has 4 atom stereocenters. The van der Waals surface area contributed by atoms with E-state index in [4.69, 9.17) is 0 Å². The maximum atomic E-state index is 14.1. The minimum absolute atomic E-state index is 0.0413. The molecule has 3 aliphatic rings. The van der Waals surface area contributed by atoms with Crippen LogP contribution in [0, 0.1) is 41.2 Å². The average Bonchev–Trinajstić information content (AvgIpc) is 2.72. The molecule has 31 heavy (non-hydrogen) atoms. The first-order valence-electron chi connectivity index (χ1n) is 11.9. The van der Waals surface area contributed by atoms with Gasteiger partial charge in [0.15, 0.2) is 0 Å². The fourth-order valence-electron chi connectivity index (χ4n) is 6.84. The minimum Gasteiger partial charge on any atom is -0.206 e. The Balaban J connectivity index is 1.36. The van der Waals surface area contributed by atoms with E-state index < -0.39 is 23.4 Å². The summed E-state index contributed by atoms with van der Waals surface area (Å²) in [5.74, 6) is 0.556. The lowest BCUT2D eigenvalue weighted by atomic mass is 9.60. The molecule has 0 nitrogen and oxygen atoms in total. The van der Waals surface area contributed by atoms with Gasteiger partial charge < -0.3 is 0 Å². The summed E-state index contributed by atoms with van der Waals surface area (Å²) in [4.78, 5) is 0. The number of alkyl halides is 3. The Labute approximate surface area is 182 Å². The van der Waals surface area contributed by atoms with Gasteiger partial charge in [-0.2, -0.15) is 13.2 Å². The Bertz CT molecular complexity index is 764. The van der Waals surface area contributed by atoms with Crippen molar-refractivity contribution in [3.8, 4) is 0 Å². The highest BCUT2D eigenvalue weighted by Crippen LogP contribution is 2.51. The van der Waals surface area contributed by atoms with Crippen LogP contribution in [0.5, 0.6) is 0 Å². The molecule has 3 fully saturated rings. The summed E-state index contributed by atoms with van der Waals surface area (Å²) in [6.45, 7) is 2.09. The standard InChI is InChI=1S/C26H33F5/c1-2-3-16-4-6-17(7-5-16)18-8-9-20-13-21(11-10-19(20)12-18)22-14-23(27)25(24(28)15-22)26(29,30)31/h2-3,14-21H,4-13H2,1H3/b3-2+. The van der Waals surface area contributed by atoms with Crippen molar-refractivity contribution in [3.05, 3.63) is 47.0 Å². The van der Waals surface area contributed by atoms with E-state index in [0.29, 0.717) is 17.4 Å². The molecule has 0 saturated heterocycles. The number of benzene rings is 1. The Hall–Kier alpha value is -1.39. The Morgan fingerprint density at radius 3 is 1.84 bits per heavy atom. The second-order valence-corrected chi connectivity index (χ2v) is 10.2. The predicted octanol–water partition coefficient (Wildman–Crippen LogP) is 8.67. The van der Waals surface area contributed by atoms with Gasteiger partial charge in [0.25, 0.3) is 0 Å². The summed E-state index contributed by atoms with van der Waals surface area (Å²) < 4.78 is 66.7. The fraction of sp³-hybridized carbons (Fsp3) is 0.692. The van der Waals surface area contributed by atoms with Crippen molar-refractivity contribution in [2.75, 3.05) is 0 Å². The number of hydrogen-bond acceptors (Lipinski definition) is 0. The first-order chi connectivity index (χ1) is 14.8.